The molecule has 1 fully saturated rings. The van der Waals surface area contributed by atoms with Gasteiger partial charge in [-0.15, -0.1) is 0 Å². The van der Waals surface area contributed by atoms with E-state index in [2.05, 4.69) is 12.2 Å². The molecule has 0 aromatic heterocycles. The summed E-state index contributed by atoms with van der Waals surface area (Å²) in [6.45, 7) is 4.28. The summed E-state index contributed by atoms with van der Waals surface area (Å²) in [4.78, 5) is 0. The predicted octanol–water partition coefficient (Wildman–Crippen LogP) is 0.916. The molecule has 1 saturated heterocycles. The van der Waals surface area contributed by atoms with Gasteiger partial charge in [0, 0.05) is 31.9 Å². The fourth-order valence-corrected chi connectivity index (χ4v) is 1.75. The van der Waals surface area contributed by atoms with E-state index in [1.54, 1.807) is 0 Å². The highest BCUT2D eigenvalue weighted by atomic mass is 16.5. The summed E-state index contributed by atoms with van der Waals surface area (Å²) in [6.07, 6.45) is 4.22. The molecule has 0 spiro atoms. The van der Waals surface area contributed by atoms with E-state index >= 15 is 0 Å². The summed E-state index contributed by atoms with van der Waals surface area (Å²) in [6, 6.07) is 1.15. The van der Waals surface area contributed by atoms with Crippen LogP contribution < -0.4 is 5.32 Å². The number of hydrogen-bond acceptors (Lipinski definition) is 3. The topological polar surface area (TPSA) is 41.5 Å². The molecule has 0 aromatic carbocycles. The summed E-state index contributed by atoms with van der Waals surface area (Å²) in [5.41, 5.74) is 0. The summed E-state index contributed by atoms with van der Waals surface area (Å²) in [7, 11) is 0. The van der Waals surface area contributed by atoms with Crippen molar-refractivity contribution in [3.05, 3.63) is 0 Å². The molecule has 0 aliphatic carbocycles. The molecule has 0 aromatic rings. The number of rotatable bonds is 5. The van der Waals surface area contributed by atoms with Gasteiger partial charge in [-0.1, -0.05) is 0 Å². The first kappa shape index (κ1) is 11.0. The van der Waals surface area contributed by atoms with Crippen LogP contribution in [0, 0.1) is 0 Å². The molecule has 0 saturated carbocycles. The Morgan fingerprint density at radius 1 is 1.46 bits per heavy atom. The van der Waals surface area contributed by atoms with Crippen molar-refractivity contribution < 1.29 is 9.84 Å². The standard InChI is InChI=1S/C10H21NO2/c1-9(3-2-6-12)11-10-4-7-13-8-5-10/h9-12H,2-8H2,1H3. The Morgan fingerprint density at radius 2 is 2.15 bits per heavy atom. The lowest BCUT2D eigenvalue weighted by molar-refractivity contribution is 0.0749. The van der Waals surface area contributed by atoms with Crippen molar-refractivity contribution in [1.82, 2.24) is 5.32 Å². The quantitative estimate of drug-likeness (QED) is 0.672. The Kier molecular flexibility index (Phi) is 5.35. The number of hydrogen-bond donors (Lipinski definition) is 2. The second-order valence-corrected chi connectivity index (χ2v) is 3.82. The zero-order valence-electron chi connectivity index (χ0n) is 8.46. The minimum atomic E-state index is 0.305. The first-order chi connectivity index (χ1) is 6.33. The van der Waals surface area contributed by atoms with Crippen LogP contribution in [0.1, 0.15) is 32.6 Å². The molecule has 1 aliphatic heterocycles. The van der Waals surface area contributed by atoms with E-state index < -0.39 is 0 Å². The third-order valence-electron chi connectivity index (χ3n) is 2.54. The number of aliphatic hydroxyl groups is 1. The van der Waals surface area contributed by atoms with E-state index in [9.17, 15) is 0 Å². The van der Waals surface area contributed by atoms with Crippen LogP contribution in [-0.2, 0) is 4.74 Å². The van der Waals surface area contributed by atoms with Crippen LogP contribution in [0.4, 0.5) is 0 Å². The Balaban J connectivity index is 2.07. The monoisotopic (exact) mass is 187 g/mol. The van der Waals surface area contributed by atoms with Crippen LogP contribution in [0.2, 0.25) is 0 Å². The van der Waals surface area contributed by atoms with E-state index in [4.69, 9.17) is 9.84 Å². The molecular formula is C10H21NO2. The Labute approximate surface area is 80.5 Å². The summed E-state index contributed by atoms with van der Waals surface area (Å²) in [5.74, 6) is 0. The van der Waals surface area contributed by atoms with Crippen LogP contribution in [0.5, 0.6) is 0 Å². The van der Waals surface area contributed by atoms with Gasteiger partial charge in [0.1, 0.15) is 0 Å². The number of nitrogens with one attached hydrogen (secondary N) is 1. The van der Waals surface area contributed by atoms with Crippen molar-refractivity contribution >= 4 is 0 Å². The SMILES string of the molecule is CC(CCCO)NC1CCOCC1. The second kappa shape index (κ2) is 6.35. The molecule has 1 unspecified atom stereocenters. The van der Waals surface area contributed by atoms with E-state index in [-0.39, 0.29) is 0 Å². The van der Waals surface area contributed by atoms with Crippen molar-refractivity contribution in [2.45, 2.75) is 44.7 Å². The van der Waals surface area contributed by atoms with Gasteiger partial charge in [0.15, 0.2) is 0 Å². The first-order valence-corrected chi connectivity index (χ1v) is 5.27. The van der Waals surface area contributed by atoms with Crippen LogP contribution in [0.3, 0.4) is 0 Å². The van der Waals surface area contributed by atoms with E-state index in [0.29, 0.717) is 18.7 Å². The fourth-order valence-electron chi connectivity index (χ4n) is 1.75. The maximum absolute atomic E-state index is 8.67. The summed E-state index contributed by atoms with van der Waals surface area (Å²) in [5, 5.41) is 12.2. The minimum Gasteiger partial charge on any atom is -0.396 e. The molecule has 1 heterocycles. The predicted molar refractivity (Wildman–Crippen MR) is 52.8 cm³/mol. The van der Waals surface area contributed by atoms with E-state index in [1.165, 1.54) is 0 Å². The van der Waals surface area contributed by atoms with E-state index in [1.807, 2.05) is 0 Å². The normalized spacial score (nSPS) is 21.7. The molecule has 1 atom stereocenters. The van der Waals surface area contributed by atoms with Crippen LogP contribution in [-0.4, -0.2) is 37.0 Å². The molecule has 1 rings (SSSR count). The highest BCUT2D eigenvalue weighted by Gasteiger charge is 2.15. The molecule has 0 amide bonds. The van der Waals surface area contributed by atoms with Gasteiger partial charge >= 0.3 is 0 Å². The lowest BCUT2D eigenvalue weighted by Crippen LogP contribution is -2.40. The number of aliphatic hydroxyl groups excluding tert-OH is 1. The van der Waals surface area contributed by atoms with Gasteiger partial charge < -0.3 is 15.2 Å². The third kappa shape index (κ3) is 4.60. The average Bonchev–Trinajstić information content (AvgIpc) is 2.16. The number of ether oxygens (including phenoxy) is 1. The summed E-state index contributed by atoms with van der Waals surface area (Å²) < 4.78 is 5.28. The molecular weight excluding hydrogens is 166 g/mol. The lowest BCUT2D eigenvalue weighted by atomic mass is 10.1. The zero-order valence-corrected chi connectivity index (χ0v) is 8.46. The molecule has 78 valence electrons. The van der Waals surface area contributed by atoms with Gasteiger partial charge in [0.25, 0.3) is 0 Å². The van der Waals surface area contributed by atoms with Crippen molar-refractivity contribution in [2.75, 3.05) is 19.8 Å². The second-order valence-electron chi connectivity index (χ2n) is 3.82. The van der Waals surface area contributed by atoms with Crippen molar-refractivity contribution in [3.8, 4) is 0 Å². The Morgan fingerprint density at radius 3 is 2.77 bits per heavy atom. The molecule has 3 nitrogen and oxygen atoms in total. The highest BCUT2D eigenvalue weighted by Crippen LogP contribution is 2.08. The average molecular weight is 187 g/mol. The Hall–Kier alpha value is -0.120. The van der Waals surface area contributed by atoms with Crippen molar-refractivity contribution in [2.24, 2.45) is 0 Å². The van der Waals surface area contributed by atoms with Gasteiger partial charge in [-0.25, -0.2) is 0 Å². The van der Waals surface area contributed by atoms with Gasteiger partial charge in [0.2, 0.25) is 0 Å². The lowest BCUT2D eigenvalue weighted by Gasteiger charge is -2.26. The van der Waals surface area contributed by atoms with Gasteiger partial charge in [0.05, 0.1) is 0 Å². The van der Waals surface area contributed by atoms with Crippen molar-refractivity contribution in [1.29, 1.82) is 0 Å². The molecule has 3 heteroatoms. The Bertz CT molecular complexity index is 124. The minimum absolute atomic E-state index is 0.305. The zero-order chi connectivity index (χ0) is 9.52. The van der Waals surface area contributed by atoms with Crippen LogP contribution in [0.25, 0.3) is 0 Å². The van der Waals surface area contributed by atoms with Crippen molar-refractivity contribution in [3.63, 3.8) is 0 Å². The summed E-state index contributed by atoms with van der Waals surface area (Å²) >= 11 is 0. The van der Waals surface area contributed by atoms with Gasteiger partial charge in [-0.3, -0.25) is 0 Å². The molecule has 2 N–H and O–H groups in total. The smallest absolute Gasteiger partial charge is 0.0480 e. The third-order valence-corrected chi connectivity index (χ3v) is 2.54. The maximum atomic E-state index is 8.67. The van der Waals surface area contributed by atoms with Gasteiger partial charge in [-0.05, 0) is 32.6 Å². The fraction of sp³-hybridized carbons (Fsp3) is 1.00. The van der Waals surface area contributed by atoms with Gasteiger partial charge in [-0.2, -0.15) is 0 Å². The molecule has 0 bridgehead atoms. The molecule has 1 aliphatic rings. The van der Waals surface area contributed by atoms with Crippen LogP contribution >= 0.6 is 0 Å². The molecule has 0 radical (unpaired) electrons. The first-order valence-electron chi connectivity index (χ1n) is 5.27. The van der Waals surface area contributed by atoms with Crippen LogP contribution in [0.15, 0.2) is 0 Å². The molecule has 13 heavy (non-hydrogen) atoms. The highest BCUT2D eigenvalue weighted by molar-refractivity contribution is 4.73. The van der Waals surface area contributed by atoms with E-state index in [0.717, 1.165) is 38.9 Å². The largest absolute Gasteiger partial charge is 0.396 e. The maximum Gasteiger partial charge on any atom is 0.0480 e.